The molecule has 0 unspecified atom stereocenters. The SMILES string of the molecule is COc1ccccc1-c1cnccc1C(=O)Nc1nnc(OC2COC2)s1. The Morgan fingerprint density at radius 1 is 1.22 bits per heavy atom. The van der Waals surface area contributed by atoms with Crippen LogP contribution in [0, 0.1) is 0 Å². The molecule has 27 heavy (non-hydrogen) atoms. The maximum atomic E-state index is 12.8. The summed E-state index contributed by atoms with van der Waals surface area (Å²) in [5.41, 5.74) is 1.91. The van der Waals surface area contributed by atoms with E-state index in [1.807, 2.05) is 24.3 Å². The maximum absolute atomic E-state index is 12.8. The van der Waals surface area contributed by atoms with E-state index in [4.69, 9.17) is 14.2 Å². The second-order valence-corrected chi connectivity index (χ2v) is 6.67. The normalized spacial score (nSPS) is 13.7. The molecule has 0 saturated carbocycles. The number of para-hydroxylation sites is 1. The third-order valence-electron chi connectivity index (χ3n) is 3.96. The first-order valence-electron chi connectivity index (χ1n) is 8.21. The number of hydrogen-bond acceptors (Lipinski definition) is 8. The third-order valence-corrected chi connectivity index (χ3v) is 4.69. The number of pyridine rings is 1. The van der Waals surface area contributed by atoms with Crippen LogP contribution in [-0.4, -0.2) is 47.5 Å². The Kier molecular flexibility index (Phi) is 4.95. The Hall–Kier alpha value is -3.04. The summed E-state index contributed by atoms with van der Waals surface area (Å²) < 4.78 is 16.0. The Bertz CT molecular complexity index is 958. The van der Waals surface area contributed by atoms with Gasteiger partial charge in [-0.25, -0.2) is 0 Å². The molecule has 138 valence electrons. The molecule has 0 spiro atoms. The fraction of sp³-hybridized carbons (Fsp3) is 0.222. The van der Waals surface area contributed by atoms with Crippen molar-refractivity contribution < 1.29 is 19.0 Å². The van der Waals surface area contributed by atoms with Gasteiger partial charge in [-0.1, -0.05) is 23.3 Å². The lowest BCUT2D eigenvalue weighted by molar-refractivity contribution is -0.0799. The molecule has 1 amide bonds. The van der Waals surface area contributed by atoms with Crippen LogP contribution in [0.25, 0.3) is 11.1 Å². The minimum absolute atomic E-state index is 0.00107. The summed E-state index contributed by atoms with van der Waals surface area (Å²) in [5.74, 6) is 0.349. The molecule has 1 N–H and O–H groups in total. The van der Waals surface area contributed by atoms with E-state index in [1.54, 1.807) is 25.6 Å². The summed E-state index contributed by atoms with van der Waals surface area (Å²) in [6.07, 6.45) is 3.20. The minimum Gasteiger partial charge on any atom is -0.496 e. The van der Waals surface area contributed by atoms with Crippen LogP contribution < -0.4 is 14.8 Å². The number of hydrogen-bond donors (Lipinski definition) is 1. The van der Waals surface area contributed by atoms with Crippen LogP contribution in [0.2, 0.25) is 0 Å². The number of benzene rings is 1. The van der Waals surface area contributed by atoms with Crippen LogP contribution in [0.3, 0.4) is 0 Å². The van der Waals surface area contributed by atoms with Crippen molar-refractivity contribution in [2.24, 2.45) is 0 Å². The van der Waals surface area contributed by atoms with Gasteiger partial charge < -0.3 is 14.2 Å². The molecule has 2 aromatic heterocycles. The van der Waals surface area contributed by atoms with Crippen molar-refractivity contribution in [3.05, 3.63) is 48.3 Å². The molecule has 4 rings (SSSR count). The van der Waals surface area contributed by atoms with Crippen LogP contribution in [0.1, 0.15) is 10.4 Å². The largest absolute Gasteiger partial charge is 0.496 e. The smallest absolute Gasteiger partial charge is 0.296 e. The second-order valence-electron chi connectivity index (χ2n) is 5.73. The van der Waals surface area contributed by atoms with Gasteiger partial charge in [0.15, 0.2) is 0 Å². The summed E-state index contributed by atoms with van der Waals surface area (Å²) in [6.45, 7) is 1.08. The van der Waals surface area contributed by atoms with E-state index in [-0.39, 0.29) is 12.0 Å². The fourth-order valence-electron chi connectivity index (χ4n) is 2.57. The van der Waals surface area contributed by atoms with Gasteiger partial charge in [-0.2, -0.15) is 0 Å². The van der Waals surface area contributed by atoms with Crippen LogP contribution in [0.5, 0.6) is 10.9 Å². The quantitative estimate of drug-likeness (QED) is 0.698. The predicted octanol–water partition coefficient (Wildman–Crippen LogP) is 2.64. The molecule has 0 bridgehead atoms. The molecular formula is C18H16N4O4S. The highest BCUT2D eigenvalue weighted by Crippen LogP contribution is 2.32. The molecule has 0 aliphatic carbocycles. The van der Waals surface area contributed by atoms with Crippen molar-refractivity contribution in [1.29, 1.82) is 0 Å². The van der Waals surface area contributed by atoms with E-state index >= 15 is 0 Å². The molecule has 1 fully saturated rings. The van der Waals surface area contributed by atoms with Gasteiger partial charge in [-0.3, -0.25) is 15.1 Å². The molecule has 0 radical (unpaired) electrons. The number of aromatic nitrogens is 3. The summed E-state index contributed by atoms with van der Waals surface area (Å²) >= 11 is 1.17. The summed E-state index contributed by atoms with van der Waals surface area (Å²) in [6, 6.07) is 9.12. The highest BCUT2D eigenvalue weighted by Gasteiger charge is 2.23. The summed E-state index contributed by atoms with van der Waals surface area (Å²) in [4.78, 5) is 17.0. The van der Waals surface area contributed by atoms with Crippen molar-refractivity contribution in [3.63, 3.8) is 0 Å². The van der Waals surface area contributed by atoms with Crippen LogP contribution in [-0.2, 0) is 4.74 Å². The number of nitrogens with one attached hydrogen (secondary N) is 1. The highest BCUT2D eigenvalue weighted by atomic mass is 32.1. The lowest BCUT2D eigenvalue weighted by Gasteiger charge is -2.24. The van der Waals surface area contributed by atoms with Gasteiger partial charge in [0.2, 0.25) is 5.13 Å². The number of ether oxygens (including phenoxy) is 3. The first-order chi connectivity index (χ1) is 13.2. The molecule has 9 heteroatoms. The topological polar surface area (TPSA) is 95.5 Å². The maximum Gasteiger partial charge on any atom is 0.296 e. The Morgan fingerprint density at radius 2 is 2.07 bits per heavy atom. The van der Waals surface area contributed by atoms with E-state index in [2.05, 4.69) is 20.5 Å². The highest BCUT2D eigenvalue weighted by molar-refractivity contribution is 7.17. The van der Waals surface area contributed by atoms with Crippen molar-refractivity contribution in [3.8, 4) is 22.1 Å². The number of amides is 1. The molecule has 1 aliphatic heterocycles. The zero-order valence-electron chi connectivity index (χ0n) is 14.4. The van der Waals surface area contributed by atoms with Crippen LogP contribution in [0.15, 0.2) is 42.7 Å². The minimum atomic E-state index is -0.312. The van der Waals surface area contributed by atoms with Gasteiger partial charge in [-0.15, -0.1) is 5.10 Å². The molecule has 3 aromatic rings. The molecular weight excluding hydrogens is 368 g/mol. The first-order valence-corrected chi connectivity index (χ1v) is 9.03. The molecule has 3 heterocycles. The van der Waals surface area contributed by atoms with Gasteiger partial charge in [0, 0.05) is 23.5 Å². The number of rotatable bonds is 6. The van der Waals surface area contributed by atoms with Crippen LogP contribution >= 0.6 is 11.3 Å². The summed E-state index contributed by atoms with van der Waals surface area (Å²) in [5, 5.41) is 11.4. The average molecular weight is 384 g/mol. The van der Waals surface area contributed by atoms with E-state index in [0.29, 0.717) is 40.4 Å². The Balaban J connectivity index is 1.56. The number of methoxy groups -OCH3 is 1. The van der Waals surface area contributed by atoms with Gasteiger partial charge in [0.05, 0.1) is 25.9 Å². The number of anilines is 1. The fourth-order valence-corrected chi connectivity index (χ4v) is 3.23. The molecule has 1 saturated heterocycles. The lowest BCUT2D eigenvalue weighted by Crippen LogP contribution is -2.38. The first kappa shape index (κ1) is 17.4. The molecule has 0 atom stereocenters. The molecule has 1 aromatic carbocycles. The van der Waals surface area contributed by atoms with Crippen molar-refractivity contribution >= 4 is 22.4 Å². The number of carbonyl (C=O) groups is 1. The number of carbonyl (C=O) groups excluding carboxylic acids is 1. The third kappa shape index (κ3) is 3.74. The Morgan fingerprint density at radius 3 is 2.85 bits per heavy atom. The Labute approximate surface area is 159 Å². The monoisotopic (exact) mass is 384 g/mol. The molecule has 1 aliphatic rings. The zero-order valence-corrected chi connectivity index (χ0v) is 15.2. The van der Waals surface area contributed by atoms with Crippen molar-refractivity contribution in [1.82, 2.24) is 15.2 Å². The van der Waals surface area contributed by atoms with Gasteiger partial charge in [0.1, 0.15) is 11.9 Å². The van der Waals surface area contributed by atoms with Crippen LogP contribution in [0.4, 0.5) is 5.13 Å². The summed E-state index contributed by atoms with van der Waals surface area (Å²) in [7, 11) is 1.59. The predicted molar refractivity (Wildman–Crippen MR) is 99.3 cm³/mol. The van der Waals surface area contributed by atoms with Gasteiger partial charge in [0.25, 0.3) is 11.1 Å². The number of nitrogens with zero attached hydrogens (tertiary/aromatic N) is 3. The van der Waals surface area contributed by atoms with Crippen molar-refractivity contribution in [2.45, 2.75) is 6.10 Å². The van der Waals surface area contributed by atoms with Gasteiger partial charge >= 0.3 is 0 Å². The zero-order chi connectivity index (χ0) is 18.6. The van der Waals surface area contributed by atoms with Gasteiger partial charge in [-0.05, 0) is 23.5 Å². The van der Waals surface area contributed by atoms with E-state index in [1.165, 1.54) is 11.3 Å². The molecule has 8 nitrogen and oxygen atoms in total. The van der Waals surface area contributed by atoms with E-state index in [9.17, 15) is 4.79 Å². The second kappa shape index (κ2) is 7.68. The van der Waals surface area contributed by atoms with E-state index < -0.39 is 0 Å². The van der Waals surface area contributed by atoms with Crippen molar-refractivity contribution in [2.75, 3.05) is 25.6 Å². The lowest BCUT2D eigenvalue weighted by atomic mass is 10.0. The van der Waals surface area contributed by atoms with E-state index in [0.717, 1.165) is 5.56 Å². The average Bonchev–Trinajstić information content (AvgIpc) is 3.11. The standard InChI is InChI=1S/C18H16N4O4S/c1-24-15-5-3-2-4-12(15)14-8-19-7-6-13(14)16(23)20-17-21-22-18(27-17)26-11-9-25-10-11/h2-8,11H,9-10H2,1H3,(H,20,21,23).